The van der Waals surface area contributed by atoms with Crippen molar-refractivity contribution in [1.29, 1.82) is 0 Å². The maximum absolute atomic E-state index is 14.9. The zero-order valence-corrected chi connectivity index (χ0v) is 23.7. The number of hydrogen-bond donors (Lipinski definition) is 3. The van der Waals surface area contributed by atoms with E-state index in [1.165, 1.54) is 30.3 Å². The van der Waals surface area contributed by atoms with Gasteiger partial charge >= 0.3 is 0 Å². The SMILES string of the molecule is CC(C)NC(=O)c1ccc(F)c(-c2ccc(N)c(C(=O)Cc3cnccc3N3C[C@@H](N)[C@@H](n4ccnn4)[C@@H](C)C3)n2)c1. The second-order valence-electron chi connectivity index (χ2n) is 11.0. The van der Waals surface area contributed by atoms with Gasteiger partial charge in [0.2, 0.25) is 0 Å². The van der Waals surface area contributed by atoms with Crippen LogP contribution in [-0.4, -0.2) is 61.8 Å². The molecule has 0 unspecified atom stereocenters. The molecule has 5 rings (SSSR count). The van der Waals surface area contributed by atoms with Gasteiger partial charge in [-0.25, -0.2) is 14.1 Å². The van der Waals surface area contributed by atoms with Crippen LogP contribution in [0.4, 0.5) is 15.8 Å². The van der Waals surface area contributed by atoms with Crippen LogP contribution in [0.5, 0.6) is 0 Å². The number of pyridine rings is 2. The average Bonchev–Trinajstić information content (AvgIpc) is 3.47. The monoisotopic (exact) mass is 571 g/mol. The van der Waals surface area contributed by atoms with Crippen molar-refractivity contribution in [3.63, 3.8) is 0 Å². The predicted octanol–water partition coefficient (Wildman–Crippen LogP) is 3.04. The highest BCUT2D eigenvalue weighted by atomic mass is 19.1. The summed E-state index contributed by atoms with van der Waals surface area (Å²) >= 11 is 0. The lowest BCUT2D eigenvalue weighted by atomic mass is 9.89. The number of nitrogens with two attached hydrogens (primary N) is 2. The molecular weight excluding hydrogens is 537 g/mol. The first kappa shape index (κ1) is 28.8. The summed E-state index contributed by atoms with van der Waals surface area (Å²) in [5, 5.41) is 10.9. The Balaban J connectivity index is 1.39. The van der Waals surface area contributed by atoms with Crippen molar-refractivity contribution in [3.05, 3.63) is 83.8 Å². The van der Waals surface area contributed by atoms with Crippen LogP contribution in [0.2, 0.25) is 0 Å². The van der Waals surface area contributed by atoms with Crippen LogP contribution in [0, 0.1) is 11.7 Å². The summed E-state index contributed by atoms with van der Waals surface area (Å²) in [6.07, 6.45) is 6.78. The molecule has 12 heteroatoms. The van der Waals surface area contributed by atoms with E-state index in [-0.39, 0.29) is 70.4 Å². The van der Waals surface area contributed by atoms with Gasteiger partial charge in [0, 0.05) is 72.6 Å². The largest absolute Gasteiger partial charge is 0.397 e. The van der Waals surface area contributed by atoms with Gasteiger partial charge in [0.1, 0.15) is 11.5 Å². The van der Waals surface area contributed by atoms with Crippen molar-refractivity contribution in [2.24, 2.45) is 11.7 Å². The number of Topliss-reactive ketones (excluding diaryl/α,β-unsaturated/α-hetero) is 1. The Kier molecular flexibility index (Phi) is 8.25. The number of piperidine rings is 1. The molecule has 1 aliphatic heterocycles. The van der Waals surface area contributed by atoms with Gasteiger partial charge in [-0.3, -0.25) is 14.6 Å². The fraction of sp³-hybridized carbons (Fsp3) is 0.333. The third-order valence-corrected chi connectivity index (χ3v) is 7.39. The van der Waals surface area contributed by atoms with Gasteiger partial charge in [-0.2, -0.15) is 0 Å². The minimum absolute atomic E-state index is 0.00208. The number of carbonyl (C=O) groups is 2. The number of anilines is 2. The Hall–Kier alpha value is -4.71. The average molecular weight is 572 g/mol. The van der Waals surface area contributed by atoms with Crippen LogP contribution in [0.25, 0.3) is 11.3 Å². The molecule has 4 aromatic rings. The number of amides is 1. The first-order valence-electron chi connectivity index (χ1n) is 13.8. The molecule has 0 spiro atoms. The second-order valence-corrected chi connectivity index (χ2v) is 11.0. The summed E-state index contributed by atoms with van der Waals surface area (Å²) in [4.78, 5) is 37.0. The standard InChI is InChI=1S/C30H34FN9O2/c1-17(2)36-30(42)19-4-5-22(31)21(12-19)25-7-6-23(32)28(37-25)27(41)13-20-14-34-9-8-26(20)39-15-18(3)29(24(33)16-39)40-11-10-35-38-40/h4-12,14,17-18,24,29H,13,15-16,32-33H2,1-3H3,(H,36,42)/t18-,24+,29-/m0/s1. The lowest BCUT2D eigenvalue weighted by Crippen LogP contribution is -2.53. The molecule has 1 fully saturated rings. The number of aromatic nitrogens is 5. The fourth-order valence-corrected chi connectivity index (χ4v) is 5.52. The molecule has 1 aliphatic rings. The molecule has 5 N–H and O–H groups in total. The van der Waals surface area contributed by atoms with Gasteiger partial charge in [-0.1, -0.05) is 12.1 Å². The molecule has 0 radical (unpaired) electrons. The molecule has 1 amide bonds. The number of nitrogens with one attached hydrogen (secondary N) is 1. The Morgan fingerprint density at radius 1 is 1.14 bits per heavy atom. The summed E-state index contributed by atoms with van der Waals surface area (Å²) in [6, 6.07) is 8.67. The zero-order valence-electron chi connectivity index (χ0n) is 23.7. The van der Waals surface area contributed by atoms with Gasteiger partial charge in [0.05, 0.1) is 23.6 Å². The molecule has 11 nitrogen and oxygen atoms in total. The smallest absolute Gasteiger partial charge is 0.251 e. The van der Waals surface area contributed by atoms with Crippen molar-refractivity contribution < 1.29 is 14.0 Å². The Bertz CT molecular complexity index is 1580. The van der Waals surface area contributed by atoms with Crippen molar-refractivity contribution in [1.82, 2.24) is 30.3 Å². The zero-order chi connectivity index (χ0) is 30.0. The van der Waals surface area contributed by atoms with Crippen LogP contribution >= 0.6 is 0 Å². The molecule has 4 heterocycles. The molecule has 1 aromatic carbocycles. The van der Waals surface area contributed by atoms with E-state index < -0.39 is 5.82 Å². The number of benzene rings is 1. The lowest BCUT2D eigenvalue weighted by molar-refractivity contribution is 0.0941. The first-order chi connectivity index (χ1) is 20.1. The van der Waals surface area contributed by atoms with Gasteiger partial charge in [-0.15, -0.1) is 5.10 Å². The van der Waals surface area contributed by atoms with Crippen LogP contribution in [0.1, 0.15) is 53.2 Å². The minimum Gasteiger partial charge on any atom is -0.397 e. The normalized spacial score (nSPS) is 18.7. The van der Waals surface area contributed by atoms with Crippen molar-refractivity contribution >= 4 is 23.1 Å². The summed E-state index contributed by atoms with van der Waals surface area (Å²) in [7, 11) is 0. The number of nitrogens with zero attached hydrogens (tertiary/aromatic N) is 6. The van der Waals surface area contributed by atoms with Crippen LogP contribution < -0.4 is 21.7 Å². The van der Waals surface area contributed by atoms with Gasteiger partial charge in [0.25, 0.3) is 5.91 Å². The van der Waals surface area contributed by atoms with Gasteiger partial charge < -0.3 is 21.7 Å². The lowest BCUT2D eigenvalue weighted by Gasteiger charge is -2.42. The van der Waals surface area contributed by atoms with E-state index in [1.807, 2.05) is 26.1 Å². The third kappa shape index (κ3) is 5.98. The summed E-state index contributed by atoms with van der Waals surface area (Å²) < 4.78 is 16.7. The van der Waals surface area contributed by atoms with Crippen LogP contribution in [0.3, 0.4) is 0 Å². The molecule has 0 bridgehead atoms. The minimum atomic E-state index is -0.568. The number of nitrogen functional groups attached to an aromatic ring is 1. The van der Waals surface area contributed by atoms with E-state index in [1.54, 1.807) is 23.3 Å². The highest BCUT2D eigenvalue weighted by Crippen LogP contribution is 2.32. The van der Waals surface area contributed by atoms with E-state index >= 15 is 0 Å². The topological polar surface area (TPSA) is 158 Å². The molecule has 1 saturated heterocycles. The molecular formula is C30H34FN9O2. The second kappa shape index (κ2) is 12.0. The van der Waals surface area contributed by atoms with E-state index in [0.29, 0.717) is 18.7 Å². The van der Waals surface area contributed by atoms with Gasteiger partial charge in [0.15, 0.2) is 5.78 Å². The van der Waals surface area contributed by atoms with E-state index in [2.05, 4.69) is 37.4 Å². The molecule has 0 saturated carbocycles. The number of ketones is 1. The van der Waals surface area contributed by atoms with Crippen molar-refractivity contribution in [2.45, 2.75) is 45.3 Å². The molecule has 3 aromatic heterocycles. The van der Waals surface area contributed by atoms with Crippen LogP contribution in [-0.2, 0) is 6.42 Å². The highest BCUT2D eigenvalue weighted by molar-refractivity contribution is 6.01. The maximum Gasteiger partial charge on any atom is 0.251 e. The summed E-state index contributed by atoms with van der Waals surface area (Å²) in [5.41, 5.74) is 15.1. The van der Waals surface area contributed by atoms with Crippen molar-refractivity contribution in [2.75, 3.05) is 23.7 Å². The predicted molar refractivity (Wildman–Crippen MR) is 157 cm³/mol. The highest BCUT2D eigenvalue weighted by Gasteiger charge is 2.35. The number of halogens is 1. The fourth-order valence-electron chi connectivity index (χ4n) is 5.52. The quantitative estimate of drug-likeness (QED) is 0.270. The molecule has 3 atom stereocenters. The van der Waals surface area contributed by atoms with Gasteiger partial charge in [-0.05, 0) is 56.2 Å². The summed E-state index contributed by atoms with van der Waals surface area (Å²) in [5.74, 6) is -1.08. The number of hydrogen-bond acceptors (Lipinski definition) is 9. The Labute approximate surface area is 243 Å². The Morgan fingerprint density at radius 2 is 1.95 bits per heavy atom. The first-order valence-corrected chi connectivity index (χ1v) is 13.8. The van der Waals surface area contributed by atoms with E-state index in [4.69, 9.17) is 11.5 Å². The molecule has 0 aliphatic carbocycles. The van der Waals surface area contributed by atoms with E-state index in [0.717, 1.165) is 5.69 Å². The number of carbonyl (C=O) groups excluding carboxylic acids is 2. The third-order valence-electron chi connectivity index (χ3n) is 7.39. The molecule has 218 valence electrons. The summed E-state index contributed by atoms with van der Waals surface area (Å²) in [6.45, 7) is 7.03. The maximum atomic E-state index is 14.9. The Morgan fingerprint density at radius 3 is 2.67 bits per heavy atom. The molecule has 42 heavy (non-hydrogen) atoms. The van der Waals surface area contributed by atoms with Crippen LogP contribution in [0.15, 0.2) is 61.2 Å². The van der Waals surface area contributed by atoms with Crippen molar-refractivity contribution in [3.8, 4) is 11.3 Å². The number of rotatable bonds is 8. The van der Waals surface area contributed by atoms with E-state index in [9.17, 15) is 14.0 Å².